The minimum atomic E-state index is -0.338. The summed E-state index contributed by atoms with van der Waals surface area (Å²) in [6.07, 6.45) is 1.04. The van der Waals surface area contributed by atoms with Crippen molar-refractivity contribution in [2.45, 2.75) is 18.3 Å². The van der Waals surface area contributed by atoms with E-state index in [2.05, 4.69) is 34.5 Å². The number of aromatic amines is 1. The third kappa shape index (κ3) is 2.62. The van der Waals surface area contributed by atoms with Gasteiger partial charge in [-0.1, -0.05) is 60.7 Å². The molecule has 0 radical (unpaired) electrons. The standard InChI is InChI=1S/C24H17FN4/c25-19-11-6-10-16-21(19)28-29-23(16)22-15-9-4-5-12-20(15)26-24(27-22)18-13-17(18)14-7-2-1-3-8-14/h1-12,17-18H,13H2,(H,28,29). The summed E-state index contributed by atoms with van der Waals surface area (Å²) in [5.41, 5.74) is 4.06. The lowest BCUT2D eigenvalue weighted by molar-refractivity contribution is 0.636. The molecule has 1 fully saturated rings. The van der Waals surface area contributed by atoms with Gasteiger partial charge in [0.25, 0.3) is 0 Å². The molecule has 6 rings (SSSR count). The summed E-state index contributed by atoms with van der Waals surface area (Å²) in [5, 5.41) is 8.87. The van der Waals surface area contributed by atoms with E-state index in [9.17, 15) is 4.39 Å². The third-order valence-electron chi connectivity index (χ3n) is 5.74. The molecule has 1 aliphatic carbocycles. The van der Waals surface area contributed by atoms with Gasteiger partial charge in [0.2, 0.25) is 0 Å². The summed E-state index contributed by atoms with van der Waals surface area (Å²) >= 11 is 0. The SMILES string of the molecule is Fc1cccc2c(-c3nc(C4CC4c4ccccc4)nc4ccccc34)[nH]nc12. The summed E-state index contributed by atoms with van der Waals surface area (Å²) in [7, 11) is 0. The van der Waals surface area contributed by atoms with Crippen molar-refractivity contribution in [2.24, 2.45) is 0 Å². The summed E-state index contributed by atoms with van der Waals surface area (Å²) in [6.45, 7) is 0. The lowest BCUT2D eigenvalue weighted by atomic mass is 10.1. The molecular weight excluding hydrogens is 363 g/mol. The van der Waals surface area contributed by atoms with E-state index in [1.54, 1.807) is 6.07 Å². The van der Waals surface area contributed by atoms with Crippen molar-refractivity contribution in [3.8, 4) is 11.4 Å². The number of hydrogen-bond acceptors (Lipinski definition) is 3. The molecule has 0 bridgehead atoms. The molecule has 5 heteroatoms. The van der Waals surface area contributed by atoms with Crippen LogP contribution in [0, 0.1) is 5.82 Å². The lowest BCUT2D eigenvalue weighted by Gasteiger charge is -2.08. The Balaban J connectivity index is 1.52. The van der Waals surface area contributed by atoms with Crippen LogP contribution >= 0.6 is 0 Å². The molecule has 140 valence electrons. The summed E-state index contributed by atoms with van der Waals surface area (Å²) in [4.78, 5) is 9.82. The minimum absolute atomic E-state index is 0.298. The summed E-state index contributed by atoms with van der Waals surface area (Å²) in [6, 6.07) is 23.5. The van der Waals surface area contributed by atoms with Crippen LogP contribution in [-0.4, -0.2) is 20.2 Å². The zero-order chi connectivity index (χ0) is 19.4. The second-order valence-corrected chi connectivity index (χ2v) is 7.54. The number of rotatable bonds is 3. The molecule has 0 spiro atoms. The van der Waals surface area contributed by atoms with Gasteiger partial charge in [-0.25, -0.2) is 14.4 Å². The van der Waals surface area contributed by atoms with Crippen molar-refractivity contribution in [3.05, 3.63) is 90.0 Å². The van der Waals surface area contributed by atoms with E-state index in [4.69, 9.17) is 9.97 Å². The van der Waals surface area contributed by atoms with Gasteiger partial charge in [0, 0.05) is 16.7 Å². The molecule has 1 aliphatic rings. The fourth-order valence-corrected chi connectivity index (χ4v) is 4.18. The zero-order valence-electron chi connectivity index (χ0n) is 15.5. The Hall–Kier alpha value is -3.60. The highest BCUT2D eigenvalue weighted by atomic mass is 19.1. The highest BCUT2D eigenvalue weighted by molar-refractivity contribution is 6.00. The predicted molar refractivity (Wildman–Crippen MR) is 111 cm³/mol. The number of aromatic nitrogens is 4. The van der Waals surface area contributed by atoms with Crippen LogP contribution in [0.5, 0.6) is 0 Å². The molecular formula is C24H17FN4. The summed E-state index contributed by atoms with van der Waals surface area (Å²) in [5.74, 6) is 1.24. The van der Waals surface area contributed by atoms with Crippen molar-refractivity contribution >= 4 is 21.8 Å². The minimum Gasteiger partial charge on any atom is -0.275 e. The molecule has 0 saturated heterocycles. The molecule has 5 aromatic rings. The Bertz CT molecular complexity index is 1360. The van der Waals surface area contributed by atoms with Gasteiger partial charge in [0.05, 0.1) is 11.2 Å². The topological polar surface area (TPSA) is 54.5 Å². The van der Waals surface area contributed by atoms with Gasteiger partial charge in [-0.2, -0.15) is 5.10 Å². The van der Waals surface area contributed by atoms with Crippen LogP contribution in [0.1, 0.15) is 29.6 Å². The third-order valence-corrected chi connectivity index (χ3v) is 5.74. The Morgan fingerprint density at radius 3 is 2.48 bits per heavy atom. The van der Waals surface area contributed by atoms with Crippen LogP contribution in [0.2, 0.25) is 0 Å². The number of nitrogens with one attached hydrogen (secondary N) is 1. The monoisotopic (exact) mass is 380 g/mol. The number of H-pyrrole nitrogens is 1. The van der Waals surface area contributed by atoms with Gasteiger partial charge >= 0.3 is 0 Å². The van der Waals surface area contributed by atoms with Gasteiger partial charge in [0.1, 0.15) is 17.0 Å². The van der Waals surface area contributed by atoms with Gasteiger partial charge in [0.15, 0.2) is 5.82 Å². The van der Waals surface area contributed by atoms with Crippen LogP contribution in [0.4, 0.5) is 4.39 Å². The average Bonchev–Trinajstić information content (AvgIpc) is 3.46. The summed E-state index contributed by atoms with van der Waals surface area (Å²) < 4.78 is 14.2. The molecule has 29 heavy (non-hydrogen) atoms. The number of nitrogens with zero attached hydrogens (tertiary/aromatic N) is 3. The molecule has 2 heterocycles. The molecule has 2 aromatic heterocycles. The largest absolute Gasteiger partial charge is 0.275 e. The van der Waals surface area contributed by atoms with Gasteiger partial charge in [-0.15, -0.1) is 0 Å². The molecule has 0 amide bonds. The second-order valence-electron chi connectivity index (χ2n) is 7.54. The van der Waals surface area contributed by atoms with Crippen LogP contribution in [0.25, 0.3) is 33.2 Å². The Morgan fingerprint density at radius 1 is 0.793 bits per heavy atom. The molecule has 3 aromatic carbocycles. The van der Waals surface area contributed by atoms with Crippen LogP contribution in [-0.2, 0) is 0 Å². The van der Waals surface area contributed by atoms with E-state index < -0.39 is 0 Å². The number of hydrogen-bond donors (Lipinski definition) is 1. The quantitative estimate of drug-likeness (QED) is 0.444. The molecule has 4 nitrogen and oxygen atoms in total. The van der Waals surface area contributed by atoms with Gasteiger partial charge in [-0.3, -0.25) is 5.10 Å². The average molecular weight is 380 g/mol. The first-order chi connectivity index (χ1) is 14.3. The van der Waals surface area contributed by atoms with Crippen molar-refractivity contribution in [1.82, 2.24) is 20.2 Å². The van der Waals surface area contributed by atoms with Crippen LogP contribution in [0.3, 0.4) is 0 Å². The Kier molecular flexibility index (Phi) is 3.50. The Labute approximate surface area is 166 Å². The van der Waals surface area contributed by atoms with Crippen molar-refractivity contribution in [2.75, 3.05) is 0 Å². The van der Waals surface area contributed by atoms with E-state index in [1.807, 2.05) is 36.4 Å². The van der Waals surface area contributed by atoms with Crippen molar-refractivity contribution < 1.29 is 4.39 Å². The van der Waals surface area contributed by atoms with Crippen LogP contribution in [0.15, 0.2) is 72.8 Å². The molecule has 0 aliphatic heterocycles. The smallest absolute Gasteiger partial charge is 0.151 e. The normalized spacial score (nSPS) is 18.4. The van der Waals surface area contributed by atoms with Crippen molar-refractivity contribution in [3.63, 3.8) is 0 Å². The van der Waals surface area contributed by atoms with Gasteiger partial charge in [-0.05, 0) is 30.0 Å². The highest BCUT2D eigenvalue weighted by Crippen LogP contribution is 2.54. The van der Waals surface area contributed by atoms with E-state index in [-0.39, 0.29) is 5.82 Å². The number of fused-ring (bicyclic) bond motifs is 2. The lowest BCUT2D eigenvalue weighted by Crippen LogP contribution is -1.99. The first kappa shape index (κ1) is 16.4. The zero-order valence-corrected chi connectivity index (χ0v) is 15.5. The van der Waals surface area contributed by atoms with E-state index in [0.717, 1.165) is 39.9 Å². The molecule has 1 saturated carbocycles. The maximum absolute atomic E-state index is 14.2. The van der Waals surface area contributed by atoms with Gasteiger partial charge < -0.3 is 0 Å². The van der Waals surface area contributed by atoms with Crippen molar-refractivity contribution in [1.29, 1.82) is 0 Å². The maximum atomic E-state index is 14.2. The first-order valence-corrected chi connectivity index (χ1v) is 9.74. The number of para-hydroxylation sites is 2. The van der Waals surface area contributed by atoms with E-state index >= 15 is 0 Å². The molecule has 1 N–H and O–H groups in total. The molecule has 2 atom stereocenters. The number of benzene rings is 3. The molecule has 2 unspecified atom stereocenters. The Morgan fingerprint density at radius 2 is 1.59 bits per heavy atom. The van der Waals surface area contributed by atoms with E-state index in [0.29, 0.717) is 17.4 Å². The highest BCUT2D eigenvalue weighted by Gasteiger charge is 2.42. The fourth-order valence-electron chi connectivity index (χ4n) is 4.18. The fraction of sp³-hybridized carbons (Fsp3) is 0.125. The predicted octanol–water partition coefficient (Wildman–Crippen LogP) is 5.58. The number of halogens is 1. The van der Waals surface area contributed by atoms with Crippen LogP contribution < -0.4 is 0 Å². The first-order valence-electron chi connectivity index (χ1n) is 9.74. The van der Waals surface area contributed by atoms with E-state index in [1.165, 1.54) is 11.6 Å². The maximum Gasteiger partial charge on any atom is 0.151 e. The second kappa shape index (κ2) is 6.21.